The van der Waals surface area contributed by atoms with Crippen molar-refractivity contribution in [3.63, 3.8) is 0 Å². The minimum absolute atomic E-state index is 0.268. The largest absolute Gasteiger partial charge is 0.377 e. The van der Waals surface area contributed by atoms with Crippen LogP contribution in [0.4, 0.5) is 0 Å². The average Bonchev–Trinajstić information content (AvgIpc) is 2.06. The fourth-order valence-corrected chi connectivity index (χ4v) is 0.835. The van der Waals surface area contributed by atoms with E-state index in [1.54, 1.807) is 0 Å². The van der Waals surface area contributed by atoms with Gasteiger partial charge in [-0.1, -0.05) is 19.3 Å². The molecule has 0 radical (unpaired) electrons. The first-order valence-corrected chi connectivity index (χ1v) is 4.57. The number of rotatable bonds is 7. The highest BCUT2D eigenvalue weighted by Crippen LogP contribution is 1.93. The molecule has 70 valence electrons. The first kappa shape index (κ1) is 11.5. The van der Waals surface area contributed by atoms with Gasteiger partial charge in [-0.05, 0) is 13.3 Å². The molecule has 0 aromatic rings. The van der Waals surface area contributed by atoms with Crippen molar-refractivity contribution in [1.29, 1.82) is 0 Å². The number of ether oxygens (including phenoxy) is 1. The Hall–Kier alpha value is -0.520. The number of unbranched alkanes of at least 4 members (excludes halogenated alkanes) is 1. The van der Waals surface area contributed by atoms with Crippen LogP contribution in [0.15, 0.2) is 0 Å². The minimum atomic E-state index is 0.268. The Kier molecular flexibility index (Phi) is 8.20. The van der Waals surface area contributed by atoms with Crippen LogP contribution in [0, 0.1) is 12.3 Å². The SMILES string of the molecule is C#CCNCC(C)OCCCC. The molecule has 1 unspecified atom stereocenters. The molecule has 0 aromatic heterocycles. The summed E-state index contributed by atoms with van der Waals surface area (Å²) in [5.74, 6) is 2.52. The molecular formula is C10H19NO. The third-order valence-corrected chi connectivity index (χ3v) is 1.56. The highest BCUT2D eigenvalue weighted by atomic mass is 16.5. The Balaban J connectivity index is 3.11. The summed E-state index contributed by atoms with van der Waals surface area (Å²) in [7, 11) is 0. The van der Waals surface area contributed by atoms with Crippen LogP contribution in [-0.2, 0) is 4.74 Å². The van der Waals surface area contributed by atoms with E-state index in [4.69, 9.17) is 11.2 Å². The molecule has 0 amide bonds. The number of terminal acetylenes is 1. The Bertz CT molecular complexity index is 128. The van der Waals surface area contributed by atoms with E-state index in [-0.39, 0.29) is 6.10 Å². The summed E-state index contributed by atoms with van der Waals surface area (Å²) < 4.78 is 5.50. The van der Waals surface area contributed by atoms with E-state index >= 15 is 0 Å². The molecular weight excluding hydrogens is 150 g/mol. The van der Waals surface area contributed by atoms with Crippen LogP contribution in [0.1, 0.15) is 26.7 Å². The summed E-state index contributed by atoms with van der Waals surface area (Å²) in [5.41, 5.74) is 0. The normalized spacial score (nSPS) is 12.4. The summed E-state index contributed by atoms with van der Waals surface area (Å²) >= 11 is 0. The van der Waals surface area contributed by atoms with E-state index in [9.17, 15) is 0 Å². The molecule has 0 saturated carbocycles. The second-order valence-electron chi connectivity index (χ2n) is 2.87. The third-order valence-electron chi connectivity index (χ3n) is 1.56. The first-order chi connectivity index (χ1) is 5.81. The molecule has 0 heterocycles. The van der Waals surface area contributed by atoms with Crippen LogP contribution in [-0.4, -0.2) is 25.8 Å². The molecule has 0 rings (SSSR count). The average molecular weight is 169 g/mol. The zero-order chi connectivity index (χ0) is 9.23. The molecule has 1 N–H and O–H groups in total. The number of hydrogen-bond acceptors (Lipinski definition) is 2. The lowest BCUT2D eigenvalue weighted by Crippen LogP contribution is -2.27. The van der Waals surface area contributed by atoms with Gasteiger partial charge in [0.1, 0.15) is 0 Å². The maximum absolute atomic E-state index is 5.50. The molecule has 0 aliphatic heterocycles. The van der Waals surface area contributed by atoms with E-state index in [2.05, 4.69) is 25.1 Å². The Morgan fingerprint density at radius 3 is 2.92 bits per heavy atom. The predicted octanol–water partition coefficient (Wildman–Crippen LogP) is 1.41. The van der Waals surface area contributed by atoms with Crippen LogP contribution >= 0.6 is 0 Å². The van der Waals surface area contributed by atoms with Gasteiger partial charge in [0.25, 0.3) is 0 Å². The number of hydrogen-bond donors (Lipinski definition) is 1. The van der Waals surface area contributed by atoms with Crippen LogP contribution < -0.4 is 5.32 Å². The monoisotopic (exact) mass is 169 g/mol. The van der Waals surface area contributed by atoms with Gasteiger partial charge in [0, 0.05) is 13.2 Å². The third kappa shape index (κ3) is 7.59. The summed E-state index contributed by atoms with van der Waals surface area (Å²) in [6.07, 6.45) is 7.67. The smallest absolute Gasteiger partial charge is 0.0671 e. The van der Waals surface area contributed by atoms with Crippen molar-refractivity contribution in [2.45, 2.75) is 32.8 Å². The highest BCUT2D eigenvalue weighted by Gasteiger charge is 1.98. The predicted molar refractivity (Wildman–Crippen MR) is 52.0 cm³/mol. The first-order valence-electron chi connectivity index (χ1n) is 4.57. The van der Waals surface area contributed by atoms with Crippen molar-refractivity contribution in [3.8, 4) is 12.3 Å². The van der Waals surface area contributed by atoms with E-state index in [0.717, 1.165) is 19.6 Å². The molecule has 0 aliphatic carbocycles. The van der Waals surface area contributed by atoms with Gasteiger partial charge in [0.15, 0.2) is 0 Å². The van der Waals surface area contributed by atoms with Crippen LogP contribution in [0.5, 0.6) is 0 Å². The van der Waals surface area contributed by atoms with Crippen molar-refractivity contribution in [2.75, 3.05) is 19.7 Å². The van der Waals surface area contributed by atoms with Crippen molar-refractivity contribution in [1.82, 2.24) is 5.32 Å². The Morgan fingerprint density at radius 1 is 1.58 bits per heavy atom. The summed E-state index contributed by atoms with van der Waals surface area (Å²) in [6, 6.07) is 0. The lowest BCUT2D eigenvalue weighted by atomic mass is 10.3. The van der Waals surface area contributed by atoms with Gasteiger partial charge >= 0.3 is 0 Å². The molecule has 12 heavy (non-hydrogen) atoms. The molecule has 2 nitrogen and oxygen atoms in total. The van der Waals surface area contributed by atoms with Gasteiger partial charge in [0.05, 0.1) is 12.6 Å². The van der Waals surface area contributed by atoms with E-state index in [0.29, 0.717) is 6.54 Å². The van der Waals surface area contributed by atoms with Crippen molar-refractivity contribution in [3.05, 3.63) is 0 Å². The molecule has 0 aromatic carbocycles. The Labute approximate surface area is 75.7 Å². The maximum Gasteiger partial charge on any atom is 0.0671 e. The topological polar surface area (TPSA) is 21.3 Å². The van der Waals surface area contributed by atoms with E-state index in [1.165, 1.54) is 6.42 Å². The van der Waals surface area contributed by atoms with E-state index < -0.39 is 0 Å². The van der Waals surface area contributed by atoms with Gasteiger partial charge < -0.3 is 10.1 Å². The number of nitrogens with one attached hydrogen (secondary N) is 1. The Morgan fingerprint density at radius 2 is 2.33 bits per heavy atom. The van der Waals surface area contributed by atoms with Crippen LogP contribution in [0.25, 0.3) is 0 Å². The molecule has 0 fully saturated rings. The van der Waals surface area contributed by atoms with Crippen LogP contribution in [0.3, 0.4) is 0 Å². The molecule has 0 spiro atoms. The fraction of sp³-hybridized carbons (Fsp3) is 0.800. The fourth-order valence-electron chi connectivity index (χ4n) is 0.835. The molecule has 1 atom stereocenters. The zero-order valence-corrected chi connectivity index (χ0v) is 8.10. The lowest BCUT2D eigenvalue weighted by molar-refractivity contribution is 0.0647. The second-order valence-corrected chi connectivity index (χ2v) is 2.87. The van der Waals surface area contributed by atoms with Crippen LogP contribution in [0.2, 0.25) is 0 Å². The quantitative estimate of drug-likeness (QED) is 0.459. The molecule has 2 heteroatoms. The van der Waals surface area contributed by atoms with Crippen molar-refractivity contribution in [2.24, 2.45) is 0 Å². The maximum atomic E-state index is 5.50. The summed E-state index contributed by atoms with van der Waals surface area (Å²) in [4.78, 5) is 0. The summed E-state index contributed by atoms with van der Waals surface area (Å²) in [6.45, 7) is 6.54. The second kappa shape index (κ2) is 8.58. The molecule has 0 bridgehead atoms. The van der Waals surface area contributed by atoms with Crippen molar-refractivity contribution >= 4 is 0 Å². The standard InChI is InChI=1S/C10H19NO/c1-4-6-8-12-10(3)9-11-7-5-2/h2,10-11H,4,6-9H2,1,3H3. The lowest BCUT2D eigenvalue weighted by Gasteiger charge is -2.12. The van der Waals surface area contributed by atoms with E-state index in [1.807, 2.05) is 0 Å². The molecule has 0 aliphatic rings. The van der Waals surface area contributed by atoms with Gasteiger partial charge in [-0.25, -0.2) is 0 Å². The van der Waals surface area contributed by atoms with Gasteiger partial charge in [-0.3, -0.25) is 0 Å². The van der Waals surface area contributed by atoms with Gasteiger partial charge in [-0.2, -0.15) is 0 Å². The van der Waals surface area contributed by atoms with Gasteiger partial charge in [0.2, 0.25) is 0 Å². The van der Waals surface area contributed by atoms with Crippen molar-refractivity contribution < 1.29 is 4.74 Å². The van der Waals surface area contributed by atoms with Gasteiger partial charge in [-0.15, -0.1) is 6.42 Å². The zero-order valence-electron chi connectivity index (χ0n) is 8.10. The highest BCUT2D eigenvalue weighted by molar-refractivity contribution is 4.86. The minimum Gasteiger partial charge on any atom is -0.377 e. The summed E-state index contributed by atoms with van der Waals surface area (Å²) in [5, 5.41) is 3.10. The molecule has 0 saturated heterocycles.